The van der Waals surface area contributed by atoms with E-state index in [1.807, 2.05) is 6.92 Å². The van der Waals surface area contributed by atoms with Gasteiger partial charge in [-0.15, -0.1) is 0 Å². The molecular formula is C23H21FN4OS. The Bertz CT molecular complexity index is 1350. The van der Waals surface area contributed by atoms with E-state index in [4.69, 9.17) is 4.98 Å². The second-order valence-corrected chi connectivity index (χ2v) is 8.65. The van der Waals surface area contributed by atoms with Crippen LogP contribution < -0.4 is 15.6 Å². The van der Waals surface area contributed by atoms with Crippen LogP contribution in [0.15, 0.2) is 52.3 Å². The number of halogens is 1. The number of hydrogen-bond acceptors (Lipinski definition) is 5. The van der Waals surface area contributed by atoms with Gasteiger partial charge in [-0.1, -0.05) is 6.07 Å². The first kappa shape index (κ1) is 19.1. The number of anilines is 2. The number of fused-ring (bicyclic) bond motifs is 3. The summed E-state index contributed by atoms with van der Waals surface area (Å²) in [5.41, 5.74) is 3.52. The highest BCUT2D eigenvalue weighted by atomic mass is 32.2. The van der Waals surface area contributed by atoms with Gasteiger partial charge >= 0.3 is 0 Å². The molecular weight excluding hydrogens is 399 g/mol. The van der Waals surface area contributed by atoms with E-state index in [2.05, 4.69) is 34.1 Å². The molecule has 152 valence electrons. The molecule has 0 unspecified atom stereocenters. The lowest BCUT2D eigenvalue weighted by molar-refractivity contribution is 0.629. The van der Waals surface area contributed by atoms with Gasteiger partial charge in [0.25, 0.3) is 5.56 Å². The monoisotopic (exact) mass is 420 g/mol. The highest BCUT2D eigenvalue weighted by molar-refractivity contribution is 7.97. The second kappa shape index (κ2) is 7.41. The summed E-state index contributed by atoms with van der Waals surface area (Å²) in [5, 5.41) is 5.01. The van der Waals surface area contributed by atoms with Gasteiger partial charge in [0, 0.05) is 33.6 Å². The number of rotatable bonds is 5. The lowest BCUT2D eigenvalue weighted by atomic mass is 10.1. The first-order valence-electron chi connectivity index (χ1n) is 9.91. The van der Waals surface area contributed by atoms with E-state index in [9.17, 15) is 9.18 Å². The Morgan fingerprint density at radius 2 is 1.93 bits per heavy atom. The molecule has 3 N–H and O–H groups in total. The highest BCUT2D eigenvalue weighted by Gasteiger charge is 2.21. The maximum Gasteiger partial charge on any atom is 0.256 e. The largest absolute Gasteiger partial charge is 0.339 e. The summed E-state index contributed by atoms with van der Waals surface area (Å²) in [6.45, 7) is 4.15. The lowest BCUT2D eigenvalue weighted by Gasteiger charge is -2.16. The van der Waals surface area contributed by atoms with E-state index in [1.165, 1.54) is 30.5 Å². The van der Waals surface area contributed by atoms with Crippen molar-refractivity contribution in [3.63, 3.8) is 0 Å². The van der Waals surface area contributed by atoms with Crippen molar-refractivity contribution in [1.82, 2.24) is 14.7 Å². The molecule has 4 aromatic rings. The van der Waals surface area contributed by atoms with Gasteiger partial charge in [-0.2, -0.15) is 0 Å². The summed E-state index contributed by atoms with van der Waals surface area (Å²) in [6.07, 6.45) is 4.04. The predicted molar refractivity (Wildman–Crippen MR) is 121 cm³/mol. The van der Waals surface area contributed by atoms with Crippen molar-refractivity contribution in [2.45, 2.75) is 37.6 Å². The fourth-order valence-corrected chi connectivity index (χ4v) is 4.50. The summed E-state index contributed by atoms with van der Waals surface area (Å²) in [5.74, 6) is 0.182. The van der Waals surface area contributed by atoms with Gasteiger partial charge in [0.1, 0.15) is 11.6 Å². The van der Waals surface area contributed by atoms with Crippen LogP contribution in [-0.2, 0) is 0 Å². The molecule has 0 spiro atoms. The van der Waals surface area contributed by atoms with E-state index in [0.717, 1.165) is 16.1 Å². The Labute approximate surface area is 177 Å². The van der Waals surface area contributed by atoms with Gasteiger partial charge in [-0.3, -0.25) is 9.52 Å². The van der Waals surface area contributed by atoms with Crippen LogP contribution >= 0.6 is 11.9 Å². The van der Waals surface area contributed by atoms with Crippen molar-refractivity contribution >= 4 is 45.1 Å². The minimum absolute atomic E-state index is 0.265. The molecule has 5 rings (SSSR count). The summed E-state index contributed by atoms with van der Waals surface area (Å²) in [6, 6.07) is 11.0. The van der Waals surface area contributed by atoms with Gasteiger partial charge in [-0.25, -0.2) is 9.37 Å². The summed E-state index contributed by atoms with van der Waals surface area (Å²) < 4.78 is 17.3. The molecule has 1 saturated carbocycles. The van der Waals surface area contributed by atoms with Crippen LogP contribution in [0.25, 0.3) is 21.7 Å². The van der Waals surface area contributed by atoms with Crippen LogP contribution in [0, 0.1) is 19.7 Å². The number of nitrogens with one attached hydrogen (secondary N) is 3. The molecule has 2 aromatic heterocycles. The van der Waals surface area contributed by atoms with Crippen LogP contribution in [0.1, 0.15) is 24.0 Å². The summed E-state index contributed by atoms with van der Waals surface area (Å²) in [4.78, 5) is 21.1. The van der Waals surface area contributed by atoms with Crippen LogP contribution in [0.3, 0.4) is 0 Å². The summed E-state index contributed by atoms with van der Waals surface area (Å²) in [7, 11) is 0. The quantitative estimate of drug-likeness (QED) is 0.301. The third kappa shape index (κ3) is 3.55. The number of aryl methyl sites for hydroxylation is 2. The smallest absolute Gasteiger partial charge is 0.256 e. The van der Waals surface area contributed by atoms with Gasteiger partial charge in [0.15, 0.2) is 0 Å². The van der Waals surface area contributed by atoms with Crippen LogP contribution in [0.2, 0.25) is 0 Å². The first-order chi connectivity index (χ1) is 14.5. The fraction of sp³-hybridized carbons (Fsp3) is 0.217. The molecule has 0 aliphatic heterocycles. The Morgan fingerprint density at radius 1 is 1.10 bits per heavy atom. The van der Waals surface area contributed by atoms with Crippen molar-refractivity contribution < 1.29 is 4.39 Å². The highest BCUT2D eigenvalue weighted by Crippen LogP contribution is 2.34. The molecule has 0 atom stereocenters. The van der Waals surface area contributed by atoms with E-state index in [1.54, 1.807) is 30.3 Å². The molecule has 1 fully saturated rings. The first-order valence-corrected chi connectivity index (χ1v) is 10.7. The second-order valence-electron chi connectivity index (χ2n) is 7.77. The lowest BCUT2D eigenvalue weighted by Crippen LogP contribution is -2.08. The van der Waals surface area contributed by atoms with Crippen molar-refractivity contribution in [1.29, 1.82) is 0 Å². The van der Waals surface area contributed by atoms with E-state index < -0.39 is 5.82 Å². The predicted octanol–water partition coefficient (Wildman–Crippen LogP) is 5.33. The van der Waals surface area contributed by atoms with Gasteiger partial charge < -0.3 is 10.3 Å². The van der Waals surface area contributed by atoms with Crippen molar-refractivity contribution in [2.24, 2.45) is 0 Å². The molecule has 2 heterocycles. The summed E-state index contributed by atoms with van der Waals surface area (Å²) >= 11 is 1.65. The zero-order chi connectivity index (χ0) is 20.8. The Kier molecular flexibility index (Phi) is 4.72. The van der Waals surface area contributed by atoms with E-state index in [0.29, 0.717) is 33.5 Å². The third-order valence-corrected chi connectivity index (χ3v) is 6.47. The molecule has 2 aromatic carbocycles. The zero-order valence-electron chi connectivity index (χ0n) is 16.7. The minimum atomic E-state index is -0.395. The molecule has 1 aliphatic carbocycles. The Hall–Kier alpha value is -2.90. The number of nitrogens with zero attached hydrogens (tertiary/aromatic N) is 1. The molecule has 0 radical (unpaired) electrons. The number of benzene rings is 2. The van der Waals surface area contributed by atoms with Crippen LogP contribution in [-0.4, -0.2) is 16.0 Å². The zero-order valence-corrected chi connectivity index (χ0v) is 17.5. The SMILES string of the molecule is Cc1cc(C)c(SNC2CC2)cc1Nc1nc2ccc(F)cc2c2c(=O)[nH]ccc12. The number of H-pyrrole nitrogens is 1. The van der Waals surface area contributed by atoms with Gasteiger partial charge in [0.05, 0.1) is 10.9 Å². The average Bonchev–Trinajstić information content (AvgIpc) is 3.54. The fourth-order valence-electron chi connectivity index (χ4n) is 3.58. The van der Waals surface area contributed by atoms with Crippen molar-refractivity contribution in [2.75, 3.05) is 5.32 Å². The normalized spacial score (nSPS) is 13.8. The van der Waals surface area contributed by atoms with Crippen molar-refractivity contribution in [3.05, 3.63) is 69.9 Å². The minimum Gasteiger partial charge on any atom is -0.339 e. The molecule has 7 heteroatoms. The van der Waals surface area contributed by atoms with Gasteiger partial charge in [-0.05, 0) is 80.1 Å². The standard InChI is InChI=1S/C23H21FN4OS/c1-12-9-13(2)20(30-28-15-4-5-15)11-19(12)27-22-16-7-8-25-23(29)21(16)17-10-14(24)3-6-18(17)26-22/h3,6-11,15,28H,4-5H2,1-2H3,(H,25,29)(H,26,27). The van der Waals surface area contributed by atoms with E-state index in [-0.39, 0.29) is 5.56 Å². The number of aromatic nitrogens is 2. The molecule has 0 amide bonds. The number of hydrogen-bond donors (Lipinski definition) is 3. The molecule has 30 heavy (non-hydrogen) atoms. The topological polar surface area (TPSA) is 69.8 Å². The van der Waals surface area contributed by atoms with E-state index >= 15 is 0 Å². The molecule has 5 nitrogen and oxygen atoms in total. The van der Waals surface area contributed by atoms with Crippen LogP contribution in [0.4, 0.5) is 15.9 Å². The molecule has 0 saturated heterocycles. The maximum absolute atomic E-state index is 13.8. The molecule has 0 bridgehead atoms. The van der Waals surface area contributed by atoms with Crippen molar-refractivity contribution in [3.8, 4) is 0 Å². The van der Waals surface area contributed by atoms with Gasteiger partial charge in [0.2, 0.25) is 0 Å². The van der Waals surface area contributed by atoms with Crippen LogP contribution in [0.5, 0.6) is 0 Å². The maximum atomic E-state index is 13.8. The average molecular weight is 421 g/mol. The number of aromatic amines is 1. The number of pyridine rings is 2. The molecule has 1 aliphatic rings. The Balaban J connectivity index is 1.63. The Morgan fingerprint density at radius 3 is 2.73 bits per heavy atom. The third-order valence-electron chi connectivity index (χ3n) is 5.36.